The number of halogens is 3. The third-order valence-electron chi connectivity index (χ3n) is 0.171. The lowest BCUT2D eigenvalue weighted by atomic mass is 11.5. The summed E-state index contributed by atoms with van der Waals surface area (Å²) in [6, 6.07) is 0. The van der Waals surface area contributed by atoms with Gasteiger partial charge in [-0.05, 0) is 0 Å². The normalized spacial score (nSPS) is 13.0. The zero-order chi connectivity index (χ0) is 5.91. The van der Waals surface area contributed by atoms with Crippen molar-refractivity contribution in [1.82, 2.24) is 0 Å². The molecule has 2 N–H and O–H groups in total. The summed E-state index contributed by atoms with van der Waals surface area (Å²) in [5.74, 6) is 4.52. The number of hydrogen-bond acceptors (Lipinski definition) is 2. The second kappa shape index (κ2) is 2.55. The lowest BCUT2D eigenvalue weighted by Gasteiger charge is -1.96. The van der Waals surface area contributed by atoms with Gasteiger partial charge < -0.3 is 5.84 Å². The van der Waals surface area contributed by atoms with Gasteiger partial charge in [0.05, 0.1) is 0 Å². The number of nitrogens with two attached hydrogens (primary N) is 1. The minimum absolute atomic E-state index is 1.70. The Morgan fingerprint density at radius 1 is 1.29 bits per heavy atom. The van der Waals surface area contributed by atoms with Gasteiger partial charge >= 0.3 is 3.92 Å². The van der Waals surface area contributed by atoms with Crippen molar-refractivity contribution in [2.24, 2.45) is 16.2 Å². The first-order chi connectivity index (χ1) is 3.06. The van der Waals surface area contributed by atoms with E-state index in [-0.39, 0.29) is 0 Å². The summed E-state index contributed by atoms with van der Waals surface area (Å²) in [6.45, 7) is 0. The van der Waals surface area contributed by atoms with Crippen molar-refractivity contribution >= 4 is 34.8 Å². The Balaban J connectivity index is 3.56. The van der Waals surface area contributed by atoms with Crippen LogP contribution in [0, 0.1) is 0 Å². The van der Waals surface area contributed by atoms with E-state index in [1.165, 1.54) is 0 Å². The lowest BCUT2D eigenvalue weighted by Crippen LogP contribution is -1.95. The molecule has 0 bridgehead atoms. The van der Waals surface area contributed by atoms with E-state index in [2.05, 4.69) is 16.2 Å². The van der Waals surface area contributed by atoms with Crippen molar-refractivity contribution in [3.8, 4) is 0 Å². The summed E-state index contributed by atoms with van der Waals surface area (Å²) in [4.78, 5) is 0. The SMILES string of the molecule is NN=NC(Cl)(Cl)Cl. The van der Waals surface area contributed by atoms with Crippen molar-refractivity contribution in [3.63, 3.8) is 0 Å². The first-order valence-corrected chi connectivity index (χ1v) is 2.38. The van der Waals surface area contributed by atoms with Crippen LogP contribution in [0.4, 0.5) is 0 Å². The monoisotopic (exact) mass is 161 g/mol. The van der Waals surface area contributed by atoms with E-state index in [9.17, 15) is 0 Å². The van der Waals surface area contributed by atoms with Crippen LogP contribution < -0.4 is 5.84 Å². The average molecular weight is 162 g/mol. The molecule has 0 aromatic heterocycles. The van der Waals surface area contributed by atoms with Crippen LogP contribution >= 0.6 is 34.8 Å². The topological polar surface area (TPSA) is 50.7 Å². The second-order valence-electron chi connectivity index (χ2n) is 0.683. The summed E-state index contributed by atoms with van der Waals surface area (Å²) in [6.07, 6.45) is 0. The van der Waals surface area contributed by atoms with E-state index >= 15 is 0 Å². The molecule has 0 aromatic carbocycles. The van der Waals surface area contributed by atoms with Gasteiger partial charge in [-0.15, -0.1) is 5.11 Å². The highest BCUT2D eigenvalue weighted by atomic mass is 35.6. The number of hydrogen-bond donors (Lipinski definition) is 1. The average Bonchev–Trinajstić information content (AvgIpc) is 1.30. The van der Waals surface area contributed by atoms with Crippen molar-refractivity contribution < 1.29 is 0 Å². The Kier molecular flexibility index (Phi) is 2.64. The van der Waals surface area contributed by atoms with Crippen LogP contribution in [0.2, 0.25) is 0 Å². The van der Waals surface area contributed by atoms with Gasteiger partial charge in [0.25, 0.3) is 0 Å². The van der Waals surface area contributed by atoms with Crippen LogP contribution in [0.1, 0.15) is 0 Å². The van der Waals surface area contributed by atoms with Crippen LogP contribution in [0.5, 0.6) is 0 Å². The van der Waals surface area contributed by atoms with Gasteiger partial charge in [0, 0.05) is 0 Å². The fourth-order valence-electron chi connectivity index (χ4n) is 0.0655. The van der Waals surface area contributed by atoms with Crippen molar-refractivity contribution in [1.29, 1.82) is 0 Å². The third-order valence-corrected chi connectivity index (χ3v) is 0.398. The highest BCUT2D eigenvalue weighted by molar-refractivity contribution is 6.67. The zero-order valence-corrected chi connectivity index (χ0v) is 5.37. The Labute approximate surface area is 55.4 Å². The largest absolute Gasteiger partial charge is 0.305 e. The maximum atomic E-state index is 5.02. The van der Waals surface area contributed by atoms with Gasteiger partial charge in [-0.2, -0.15) is 0 Å². The summed E-state index contributed by atoms with van der Waals surface area (Å²) in [5, 5.41) is 5.69. The quantitative estimate of drug-likeness (QED) is 0.190. The minimum atomic E-state index is -1.70. The van der Waals surface area contributed by atoms with Gasteiger partial charge in [-0.25, -0.2) is 0 Å². The second-order valence-corrected chi connectivity index (χ2v) is 2.90. The molecule has 0 saturated carbocycles. The molecule has 0 aliphatic carbocycles. The number of nitrogens with zero attached hydrogens (tertiary/aromatic N) is 2. The smallest absolute Gasteiger partial charge is 0.305 e. The van der Waals surface area contributed by atoms with Crippen LogP contribution in [0.15, 0.2) is 10.3 Å². The molecular weight excluding hydrogens is 160 g/mol. The zero-order valence-electron chi connectivity index (χ0n) is 3.11. The highest BCUT2D eigenvalue weighted by Gasteiger charge is 2.16. The first kappa shape index (κ1) is 7.27. The molecule has 0 spiro atoms. The highest BCUT2D eigenvalue weighted by Crippen LogP contribution is 2.26. The molecule has 0 aromatic rings. The van der Waals surface area contributed by atoms with Crippen molar-refractivity contribution in [2.45, 2.75) is 3.92 Å². The summed E-state index contributed by atoms with van der Waals surface area (Å²) >= 11 is 15.1. The van der Waals surface area contributed by atoms with E-state index in [1.54, 1.807) is 0 Å². The summed E-state index contributed by atoms with van der Waals surface area (Å²) in [5.41, 5.74) is 0. The summed E-state index contributed by atoms with van der Waals surface area (Å²) < 4.78 is -1.70. The molecular formula is CH2Cl3N3. The van der Waals surface area contributed by atoms with Crippen LogP contribution in [0.3, 0.4) is 0 Å². The Bertz CT molecular complexity index is 72.7. The molecule has 0 aliphatic heterocycles. The van der Waals surface area contributed by atoms with Gasteiger partial charge in [-0.1, -0.05) is 40.0 Å². The lowest BCUT2D eigenvalue weighted by molar-refractivity contribution is 0.928. The van der Waals surface area contributed by atoms with Gasteiger partial charge in [-0.3, -0.25) is 0 Å². The molecule has 0 aliphatic rings. The fraction of sp³-hybridized carbons (Fsp3) is 1.00. The molecule has 0 unspecified atom stereocenters. The van der Waals surface area contributed by atoms with E-state index in [0.29, 0.717) is 0 Å². The molecule has 3 nitrogen and oxygen atoms in total. The molecule has 0 fully saturated rings. The predicted octanol–water partition coefficient (Wildman–Crippen LogP) is 1.64. The fourth-order valence-corrected chi connectivity index (χ4v) is 0.196. The Morgan fingerprint density at radius 3 is 1.71 bits per heavy atom. The number of alkyl halides is 3. The molecule has 0 atom stereocenters. The predicted molar refractivity (Wildman–Crippen MR) is 29.3 cm³/mol. The van der Waals surface area contributed by atoms with Gasteiger partial charge in [0.2, 0.25) is 0 Å². The Hall–Kier alpha value is 0.270. The van der Waals surface area contributed by atoms with Crippen molar-refractivity contribution in [2.75, 3.05) is 0 Å². The molecule has 6 heteroatoms. The summed E-state index contributed by atoms with van der Waals surface area (Å²) in [7, 11) is 0. The molecule has 0 rings (SSSR count). The molecule has 0 amide bonds. The maximum Gasteiger partial charge on any atom is 0.305 e. The molecule has 0 saturated heterocycles. The maximum absolute atomic E-state index is 5.02. The first-order valence-electron chi connectivity index (χ1n) is 1.25. The van der Waals surface area contributed by atoms with Crippen LogP contribution in [0.25, 0.3) is 0 Å². The van der Waals surface area contributed by atoms with Gasteiger partial charge in [0.15, 0.2) is 0 Å². The van der Waals surface area contributed by atoms with E-state index in [4.69, 9.17) is 34.8 Å². The van der Waals surface area contributed by atoms with E-state index in [1.807, 2.05) is 0 Å². The molecule has 0 radical (unpaired) electrons. The molecule has 7 heavy (non-hydrogen) atoms. The van der Waals surface area contributed by atoms with Crippen molar-refractivity contribution in [3.05, 3.63) is 0 Å². The molecule has 0 heterocycles. The van der Waals surface area contributed by atoms with Crippen LogP contribution in [-0.4, -0.2) is 3.92 Å². The van der Waals surface area contributed by atoms with E-state index < -0.39 is 3.92 Å². The Morgan fingerprint density at radius 2 is 1.71 bits per heavy atom. The number of rotatable bonds is 0. The minimum Gasteiger partial charge on any atom is -0.305 e. The standard InChI is InChI=1S/CH2Cl3N3/c2-1(3,4)6-7-5/h(H2,5,6). The van der Waals surface area contributed by atoms with Crippen LogP contribution in [-0.2, 0) is 0 Å². The molecule has 42 valence electrons. The van der Waals surface area contributed by atoms with E-state index in [0.717, 1.165) is 0 Å². The third kappa shape index (κ3) is 6.27. The van der Waals surface area contributed by atoms with Gasteiger partial charge in [0.1, 0.15) is 0 Å².